The Hall–Kier alpha value is -1.75. The van der Waals surface area contributed by atoms with E-state index < -0.39 is 5.54 Å². The number of hydrogen-bond acceptors (Lipinski definition) is 4. The summed E-state index contributed by atoms with van der Waals surface area (Å²) < 4.78 is 0. The summed E-state index contributed by atoms with van der Waals surface area (Å²) in [5.41, 5.74) is 5.86. The van der Waals surface area contributed by atoms with Gasteiger partial charge in [0.2, 0.25) is 0 Å². The van der Waals surface area contributed by atoms with Crippen molar-refractivity contribution >= 4 is 5.91 Å². The fourth-order valence-corrected chi connectivity index (χ4v) is 1.58. The van der Waals surface area contributed by atoms with E-state index in [1.807, 2.05) is 13.8 Å². The Kier molecular flexibility index (Phi) is 4.55. The molecule has 0 aliphatic heterocycles. The quantitative estimate of drug-likeness (QED) is 0.636. The van der Waals surface area contributed by atoms with Crippen molar-refractivity contribution in [2.24, 2.45) is 5.73 Å². The second kappa shape index (κ2) is 5.73. The van der Waals surface area contributed by atoms with Gasteiger partial charge in [-0.25, -0.2) is 0 Å². The summed E-state index contributed by atoms with van der Waals surface area (Å²) in [6.07, 6.45) is 1.52. The van der Waals surface area contributed by atoms with Crippen LogP contribution in [0.2, 0.25) is 0 Å². The average Bonchev–Trinajstić information content (AvgIpc) is 2.34. The molecule has 0 fully saturated rings. The summed E-state index contributed by atoms with van der Waals surface area (Å²) in [5, 5.41) is 21.3. The van der Waals surface area contributed by atoms with E-state index >= 15 is 0 Å². The molecule has 0 saturated heterocycles. The topological polar surface area (TPSA) is 95.6 Å². The smallest absolute Gasteiger partial charge is 0.251 e. The first-order valence-electron chi connectivity index (χ1n) is 6.00. The van der Waals surface area contributed by atoms with E-state index in [4.69, 9.17) is 5.73 Å². The number of aromatic hydroxyl groups is 2. The zero-order chi connectivity index (χ0) is 13.8. The molecular formula is C13H20N2O3. The molecule has 0 aliphatic rings. The molecule has 1 aromatic rings. The van der Waals surface area contributed by atoms with Crippen LogP contribution in [0.5, 0.6) is 11.5 Å². The first kappa shape index (κ1) is 14.3. The SMILES string of the molecule is CCC(N)(CC)CNC(=O)c1cc(O)cc(O)c1. The van der Waals surface area contributed by atoms with Crippen LogP contribution in [0.15, 0.2) is 18.2 Å². The third kappa shape index (κ3) is 3.63. The number of nitrogens with one attached hydrogen (secondary N) is 1. The fourth-order valence-electron chi connectivity index (χ4n) is 1.58. The van der Waals surface area contributed by atoms with Gasteiger partial charge in [-0.15, -0.1) is 0 Å². The predicted molar refractivity (Wildman–Crippen MR) is 69.6 cm³/mol. The van der Waals surface area contributed by atoms with Gasteiger partial charge in [-0.05, 0) is 25.0 Å². The normalized spacial score (nSPS) is 11.3. The third-order valence-corrected chi connectivity index (χ3v) is 3.17. The standard InChI is InChI=1S/C13H20N2O3/c1-3-13(14,4-2)8-15-12(18)9-5-10(16)7-11(17)6-9/h5-7,16-17H,3-4,8,14H2,1-2H3,(H,15,18). The van der Waals surface area contributed by atoms with Crippen LogP contribution in [-0.4, -0.2) is 28.2 Å². The van der Waals surface area contributed by atoms with E-state index in [-0.39, 0.29) is 23.0 Å². The van der Waals surface area contributed by atoms with Crippen LogP contribution < -0.4 is 11.1 Å². The van der Waals surface area contributed by atoms with Crippen LogP contribution in [0, 0.1) is 0 Å². The van der Waals surface area contributed by atoms with Gasteiger partial charge in [0.05, 0.1) is 0 Å². The number of amides is 1. The molecule has 1 rings (SSSR count). The maximum Gasteiger partial charge on any atom is 0.251 e. The number of carbonyl (C=O) groups is 1. The second-order valence-corrected chi connectivity index (χ2v) is 4.49. The molecule has 0 radical (unpaired) electrons. The second-order valence-electron chi connectivity index (χ2n) is 4.49. The summed E-state index contributed by atoms with van der Waals surface area (Å²) in [7, 11) is 0. The summed E-state index contributed by atoms with van der Waals surface area (Å²) in [5.74, 6) is -0.659. The highest BCUT2D eigenvalue weighted by Crippen LogP contribution is 2.20. The minimum absolute atomic E-state index is 0.148. The highest BCUT2D eigenvalue weighted by atomic mass is 16.3. The largest absolute Gasteiger partial charge is 0.508 e. The molecule has 18 heavy (non-hydrogen) atoms. The van der Waals surface area contributed by atoms with Crippen LogP contribution >= 0.6 is 0 Å². The Morgan fingerprint density at radius 3 is 2.17 bits per heavy atom. The summed E-state index contributed by atoms with van der Waals surface area (Å²) in [4.78, 5) is 11.8. The summed E-state index contributed by atoms with van der Waals surface area (Å²) in [6.45, 7) is 4.29. The van der Waals surface area contributed by atoms with Crippen LogP contribution in [-0.2, 0) is 0 Å². The van der Waals surface area contributed by atoms with Crippen molar-refractivity contribution in [1.29, 1.82) is 0 Å². The number of rotatable bonds is 5. The minimum Gasteiger partial charge on any atom is -0.508 e. The zero-order valence-electron chi connectivity index (χ0n) is 10.7. The predicted octanol–water partition coefficient (Wildman–Crippen LogP) is 1.35. The van der Waals surface area contributed by atoms with Crippen molar-refractivity contribution < 1.29 is 15.0 Å². The van der Waals surface area contributed by atoms with E-state index in [0.29, 0.717) is 6.54 Å². The molecule has 5 heteroatoms. The van der Waals surface area contributed by atoms with Gasteiger partial charge in [0.1, 0.15) is 11.5 Å². The van der Waals surface area contributed by atoms with Gasteiger partial charge >= 0.3 is 0 Å². The molecule has 0 bridgehead atoms. The van der Waals surface area contributed by atoms with Crippen LogP contribution in [0.4, 0.5) is 0 Å². The van der Waals surface area contributed by atoms with Crippen LogP contribution in [0.3, 0.4) is 0 Å². The first-order valence-corrected chi connectivity index (χ1v) is 6.00. The maximum atomic E-state index is 11.8. The van der Waals surface area contributed by atoms with Crippen molar-refractivity contribution in [3.63, 3.8) is 0 Å². The van der Waals surface area contributed by atoms with Gasteiger partial charge in [-0.1, -0.05) is 13.8 Å². The Bertz CT molecular complexity index is 408. The molecule has 0 heterocycles. The zero-order valence-corrected chi connectivity index (χ0v) is 10.7. The van der Waals surface area contributed by atoms with Gasteiger partial charge in [0.15, 0.2) is 0 Å². The number of phenols is 2. The van der Waals surface area contributed by atoms with Crippen LogP contribution in [0.25, 0.3) is 0 Å². The van der Waals surface area contributed by atoms with E-state index in [1.54, 1.807) is 0 Å². The highest BCUT2D eigenvalue weighted by Gasteiger charge is 2.21. The lowest BCUT2D eigenvalue weighted by atomic mass is 9.94. The lowest BCUT2D eigenvalue weighted by molar-refractivity contribution is 0.0941. The van der Waals surface area contributed by atoms with Crippen molar-refractivity contribution in [3.8, 4) is 11.5 Å². The molecular weight excluding hydrogens is 232 g/mol. The van der Waals surface area contributed by atoms with Crippen molar-refractivity contribution in [2.45, 2.75) is 32.2 Å². The molecule has 5 nitrogen and oxygen atoms in total. The Morgan fingerprint density at radius 2 is 1.72 bits per heavy atom. The molecule has 1 amide bonds. The first-order chi connectivity index (χ1) is 8.40. The average molecular weight is 252 g/mol. The number of phenolic OH excluding ortho intramolecular Hbond substituents is 2. The van der Waals surface area contributed by atoms with Crippen molar-refractivity contribution in [2.75, 3.05) is 6.54 Å². The molecule has 0 atom stereocenters. The van der Waals surface area contributed by atoms with Gasteiger partial charge in [-0.2, -0.15) is 0 Å². The van der Waals surface area contributed by atoms with Crippen LogP contribution in [0.1, 0.15) is 37.0 Å². The third-order valence-electron chi connectivity index (χ3n) is 3.17. The van der Waals surface area contributed by atoms with E-state index in [2.05, 4.69) is 5.32 Å². The number of nitrogens with two attached hydrogens (primary N) is 1. The van der Waals surface area contributed by atoms with E-state index in [0.717, 1.165) is 12.8 Å². The fraction of sp³-hybridized carbons (Fsp3) is 0.462. The summed E-state index contributed by atoms with van der Waals surface area (Å²) >= 11 is 0. The van der Waals surface area contributed by atoms with Crippen molar-refractivity contribution in [1.82, 2.24) is 5.32 Å². The van der Waals surface area contributed by atoms with Crippen molar-refractivity contribution in [3.05, 3.63) is 23.8 Å². The highest BCUT2D eigenvalue weighted by molar-refractivity contribution is 5.95. The van der Waals surface area contributed by atoms with Gasteiger partial charge in [0, 0.05) is 23.7 Å². The molecule has 100 valence electrons. The molecule has 0 aromatic heterocycles. The van der Waals surface area contributed by atoms with E-state index in [1.165, 1.54) is 18.2 Å². The molecule has 0 aliphatic carbocycles. The molecule has 0 unspecified atom stereocenters. The van der Waals surface area contributed by atoms with Gasteiger partial charge in [-0.3, -0.25) is 4.79 Å². The molecule has 1 aromatic carbocycles. The lowest BCUT2D eigenvalue weighted by Gasteiger charge is -2.26. The molecule has 0 spiro atoms. The van der Waals surface area contributed by atoms with E-state index in [9.17, 15) is 15.0 Å². The van der Waals surface area contributed by atoms with Gasteiger partial charge in [0.25, 0.3) is 5.91 Å². The lowest BCUT2D eigenvalue weighted by Crippen LogP contribution is -2.49. The Balaban J connectivity index is 2.71. The maximum absolute atomic E-state index is 11.8. The number of carbonyl (C=O) groups excluding carboxylic acids is 1. The minimum atomic E-state index is -0.422. The Labute approximate surface area is 107 Å². The summed E-state index contributed by atoms with van der Waals surface area (Å²) in [6, 6.07) is 3.76. The van der Waals surface area contributed by atoms with Gasteiger partial charge < -0.3 is 21.3 Å². The monoisotopic (exact) mass is 252 g/mol. The molecule has 5 N–H and O–H groups in total. The number of benzene rings is 1. The Morgan fingerprint density at radius 1 is 1.22 bits per heavy atom. The number of hydrogen-bond donors (Lipinski definition) is 4. The molecule has 0 saturated carbocycles.